The smallest absolute Gasteiger partial charge is 0.166 e. The summed E-state index contributed by atoms with van der Waals surface area (Å²) < 4.78 is 11.9. The van der Waals surface area contributed by atoms with Crippen LogP contribution in [0.25, 0.3) is 0 Å². The standard InChI is InChI=1S/C20H23NO4/c1-10(22)11-9-16(24-3)18-17-12(11)8-14-13-4-5-15(23)19(25-18)20(13,17)6-7-21(14)2/h4-5,9,13-15,19,23H,6-8H2,1-3H3/t13-,14-,15+,19+,20+/m1/s1. The van der Waals surface area contributed by atoms with E-state index in [4.69, 9.17) is 9.47 Å². The zero-order chi connectivity index (χ0) is 17.5. The Labute approximate surface area is 147 Å². The molecule has 0 unspecified atom stereocenters. The number of hydrogen-bond acceptors (Lipinski definition) is 5. The van der Waals surface area contributed by atoms with E-state index in [1.807, 2.05) is 12.1 Å². The van der Waals surface area contributed by atoms with Gasteiger partial charge in [0.1, 0.15) is 12.2 Å². The van der Waals surface area contributed by atoms with E-state index in [1.165, 1.54) is 0 Å². The third kappa shape index (κ3) is 1.68. The van der Waals surface area contributed by atoms with Crippen LogP contribution >= 0.6 is 0 Å². The zero-order valence-corrected chi connectivity index (χ0v) is 14.8. The van der Waals surface area contributed by atoms with Crippen molar-refractivity contribution in [1.29, 1.82) is 0 Å². The van der Waals surface area contributed by atoms with Crippen LogP contribution < -0.4 is 9.47 Å². The van der Waals surface area contributed by atoms with E-state index in [0.717, 1.165) is 41.8 Å². The summed E-state index contributed by atoms with van der Waals surface area (Å²) in [4.78, 5) is 14.8. The van der Waals surface area contributed by atoms with Crippen LogP contribution in [0.5, 0.6) is 11.5 Å². The van der Waals surface area contributed by atoms with Gasteiger partial charge in [0.05, 0.1) is 7.11 Å². The van der Waals surface area contributed by atoms with Gasteiger partial charge in [-0.05, 0) is 45.0 Å². The van der Waals surface area contributed by atoms with Crippen molar-refractivity contribution in [1.82, 2.24) is 4.90 Å². The summed E-state index contributed by atoms with van der Waals surface area (Å²) >= 11 is 0. The number of carbonyl (C=O) groups excluding carboxylic acids is 1. The molecule has 1 aromatic rings. The number of carbonyl (C=O) groups is 1. The summed E-state index contributed by atoms with van der Waals surface area (Å²) in [5, 5.41) is 10.7. The predicted octanol–water partition coefficient (Wildman–Crippen LogP) is 1.70. The van der Waals surface area contributed by atoms with Gasteiger partial charge in [0.25, 0.3) is 0 Å². The summed E-state index contributed by atoms with van der Waals surface area (Å²) in [6.07, 6.45) is 4.88. The first-order valence-electron chi connectivity index (χ1n) is 8.97. The molecule has 5 nitrogen and oxygen atoms in total. The number of benzene rings is 1. The van der Waals surface area contributed by atoms with Crippen molar-refractivity contribution >= 4 is 5.78 Å². The average Bonchev–Trinajstić information content (AvgIpc) is 2.94. The van der Waals surface area contributed by atoms with Crippen LogP contribution in [0.2, 0.25) is 0 Å². The molecule has 2 aliphatic carbocycles. The number of ether oxygens (including phenoxy) is 2. The maximum Gasteiger partial charge on any atom is 0.166 e. The lowest BCUT2D eigenvalue weighted by Gasteiger charge is -2.56. The fraction of sp³-hybridized carbons (Fsp3) is 0.550. The van der Waals surface area contributed by atoms with Crippen LogP contribution in [0.1, 0.15) is 34.8 Å². The van der Waals surface area contributed by atoms with Crippen molar-refractivity contribution in [3.63, 3.8) is 0 Å². The number of aliphatic hydroxyl groups is 1. The first-order chi connectivity index (χ1) is 12.0. The molecule has 0 aromatic heterocycles. The van der Waals surface area contributed by atoms with Crippen molar-refractivity contribution < 1.29 is 19.4 Å². The third-order valence-corrected chi connectivity index (χ3v) is 6.86. The minimum atomic E-state index is -0.635. The van der Waals surface area contributed by atoms with Crippen LogP contribution in [0.15, 0.2) is 18.2 Å². The highest BCUT2D eigenvalue weighted by atomic mass is 16.5. The Kier molecular flexibility index (Phi) is 3.00. The number of rotatable bonds is 2. The quantitative estimate of drug-likeness (QED) is 0.655. The number of piperidine rings is 1. The molecular weight excluding hydrogens is 318 g/mol. The second-order valence-corrected chi connectivity index (χ2v) is 7.85. The lowest BCUT2D eigenvalue weighted by molar-refractivity contribution is -0.0453. The van der Waals surface area contributed by atoms with Crippen molar-refractivity contribution in [2.24, 2.45) is 5.92 Å². The summed E-state index contributed by atoms with van der Waals surface area (Å²) in [5.41, 5.74) is 2.70. The summed E-state index contributed by atoms with van der Waals surface area (Å²) in [6.45, 7) is 2.58. The molecule has 0 saturated carbocycles. The summed E-state index contributed by atoms with van der Waals surface area (Å²) in [7, 11) is 3.77. The van der Waals surface area contributed by atoms with E-state index in [1.54, 1.807) is 14.0 Å². The van der Waals surface area contributed by atoms with Gasteiger partial charge in [0.2, 0.25) is 0 Å². The van der Waals surface area contributed by atoms with Gasteiger partial charge in [-0.3, -0.25) is 4.79 Å². The fourth-order valence-electron chi connectivity index (χ4n) is 5.78. The number of ketones is 1. The number of methoxy groups -OCH3 is 1. The minimum absolute atomic E-state index is 0.0574. The highest BCUT2D eigenvalue weighted by molar-refractivity contribution is 5.97. The molecule has 1 N–H and O–H groups in total. The van der Waals surface area contributed by atoms with E-state index in [2.05, 4.69) is 18.0 Å². The molecule has 1 fully saturated rings. The molecule has 132 valence electrons. The maximum absolute atomic E-state index is 12.4. The lowest BCUT2D eigenvalue weighted by atomic mass is 9.53. The second-order valence-electron chi connectivity index (χ2n) is 7.85. The van der Waals surface area contributed by atoms with Crippen molar-refractivity contribution in [3.05, 3.63) is 34.9 Å². The lowest BCUT2D eigenvalue weighted by Crippen LogP contribution is -2.64. The largest absolute Gasteiger partial charge is 0.493 e. The number of nitrogens with zero attached hydrogens (tertiary/aromatic N) is 1. The molecule has 1 saturated heterocycles. The Balaban J connectivity index is 1.87. The first kappa shape index (κ1) is 15.4. The van der Waals surface area contributed by atoms with Gasteiger partial charge in [-0.1, -0.05) is 12.2 Å². The molecular formula is C20H23NO4. The van der Waals surface area contributed by atoms with Crippen molar-refractivity contribution in [3.8, 4) is 11.5 Å². The highest BCUT2D eigenvalue weighted by Crippen LogP contribution is 2.63. The molecule has 2 aliphatic heterocycles. The second kappa shape index (κ2) is 4.86. The van der Waals surface area contributed by atoms with Crippen LogP contribution in [-0.4, -0.2) is 54.7 Å². The Bertz CT molecular complexity index is 816. The average molecular weight is 341 g/mol. The molecule has 1 spiro atoms. The fourth-order valence-corrected chi connectivity index (χ4v) is 5.78. The molecule has 2 bridgehead atoms. The molecule has 1 aromatic carbocycles. The van der Waals surface area contributed by atoms with Crippen molar-refractivity contribution in [2.75, 3.05) is 20.7 Å². The summed E-state index contributed by atoms with van der Waals surface area (Å²) in [6, 6.07) is 2.15. The maximum atomic E-state index is 12.4. The Hall–Kier alpha value is -1.85. The van der Waals surface area contributed by atoms with E-state index in [-0.39, 0.29) is 17.3 Å². The number of likely N-dealkylation sites (N-methyl/N-ethyl adjacent to an activating group) is 1. The zero-order valence-electron chi connectivity index (χ0n) is 14.8. The van der Waals surface area contributed by atoms with Crippen molar-refractivity contribution in [2.45, 2.75) is 43.4 Å². The molecule has 5 atom stereocenters. The Morgan fingerprint density at radius 2 is 2.24 bits per heavy atom. The molecule has 2 heterocycles. The monoisotopic (exact) mass is 341 g/mol. The van der Waals surface area contributed by atoms with E-state index in [0.29, 0.717) is 17.7 Å². The van der Waals surface area contributed by atoms with Gasteiger partial charge < -0.3 is 19.5 Å². The molecule has 5 heteroatoms. The van der Waals surface area contributed by atoms with Gasteiger partial charge in [-0.25, -0.2) is 0 Å². The summed E-state index contributed by atoms with van der Waals surface area (Å²) in [5.74, 6) is 1.70. The molecule has 4 aliphatic rings. The molecule has 25 heavy (non-hydrogen) atoms. The highest BCUT2D eigenvalue weighted by Gasteiger charge is 2.64. The molecule has 5 rings (SSSR count). The van der Waals surface area contributed by atoms with Crippen LogP contribution in [0, 0.1) is 5.92 Å². The predicted molar refractivity (Wildman–Crippen MR) is 92.5 cm³/mol. The number of Topliss-reactive ketones (excluding diaryl/α,β-unsaturated/α-hetero) is 1. The van der Waals surface area contributed by atoms with Gasteiger partial charge in [-0.2, -0.15) is 0 Å². The Morgan fingerprint density at radius 1 is 1.44 bits per heavy atom. The SMILES string of the molecule is COc1cc(C(C)=O)c2c3c1O[C@H]1[C@@H](O)C=C[C@@H]4[C@@H](C2)N(C)CC[C@@]341. The van der Waals surface area contributed by atoms with E-state index in [9.17, 15) is 9.90 Å². The number of hydrogen-bond donors (Lipinski definition) is 1. The van der Waals surface area contributed by atoms with Crippen LogP contribution in [-0.2, 0) is 11.8 Å². The van der Waals surface area contributed by atoms with Crippen LogP contribution in [0.3, 0.4) is 0 Å². The van der Waals surface area contributed by atoms with Gasteiger partial charge in [0.15, 0.2) is 17.3 Å². The van der Waals surface area contributed by atoms with Gasteiger partial charge in [-0.15, -0.1) is 0 Å². The Morgan fingerprint density at radius 3 is 2.96 bits per heavy atom. The molecule has 0 radical (unpaired) electrons. The topological polar surface area (TPSA) is 59.0 Å². The normalized spacial score (nSPS) is 37.4. The number of likely N-dealkylation sites (tertiary alicyclic amines) is 1. The minimum Gasteiger partial charge on any atom is -0.493 e. The van der Waals surface area contributed by atoms with E-state index >= 15 is 0 Å². The van der Waals surface area contributed by atoms with E-state index < -0.39 is 6.10 Å². The number of aliphatic hydroxyl groups excluding tert-OH is 1. The third-order valence-electron chi connectivity index (χ3n) is 6.86. The van der Waals surface area contributed by atoms with Crippen LogP contribution in [0.4, 0.5) is 0 Å². The van der Waals surface area contributed by atoms with Gasteiger partial charge in [0, 0.05) is 28.5 Å². The molecule has 0 amide bonds. The van der Waals surface area contributed by atoms with Gasteiger partial charge >= 0.3 is 0 Å². The first-order valence-corrected chi connectivity index (χ1v) is 8.97.